The molecular formula is C6H6N2OS. The number of rotatable bonds is 0. The maximum absolute atomic E-state index is 5.57. The third kappa shape index (κ3) is 0.623. The Morgan fingerprint density at radius 3 is 3.20 bits per heavy atom. The molecule has 0 radical (unpaired) electrons. The molecule has 0 unspecified atom stereocenters. The third-order valence-electron chi connectivity index (χ3n) is 1.28. The van der Waals surface area contributed by atoms with Gasteiger partial charge in [-0.05, 0) is 0 Å². The van der Waals surface area contributed by atoms with Crippen molar-refractivity contribution in [3.63, 3.8) is 0 Å². The van der Waals surface area contributed by atoms with E-state index in [9.17, 15) is 0 Å². The third-order valence-corrected chi connectivity index (χ3v) is 2.06. The second kappa shape index (κ2) is 1.73. The SMILES string of the molecule is Cc1nc2csc(N)c2o1. The van der Waals surface area contributed by atoms with Gasteiger partial charge >= 0.3 is 0 Å². The van der Waals surface area contributed by atoms with Crippen LogP contribution in [-0.4, -0.2) is 4.98 Å². The Kier molecular flexibility index (Phi) is 0.990. The first kappa shape index (κ1) is 5.73. The van der Waals surface area contributed by atoms with Crippen molar-refractivity contribution in [3.8, 4) is 0 Å². The lowest BCUT2D eigenvalue weighted by Crippen LogP contribution is -1.75. The van der Waals surface area contributed by atoms with Gasteiger partial charge in [0.1, 0.15) is 10.5 Å². The molecule has 2 heterocycles. The first-order valence-corrected chi connectivity index (χ1v) is 3.75. The van der Waals surface area contributed by atoms with Crippen molar-refractivity contribution in [2.24, 2.45) is 0 Å². The Morgan fingerprint density at radius 1 is 1.70 bits per heavy atom. The van der Waals surface area contributed by atoms with E-state index in [4.69, 9.17) is 10.2 Å². The zero-order chi connectivity index (χ0) is 7.14. The normalized spacial score (nSPS) is 10.9. The number of hydrogen-bond donors (Lipinski definition) is 1. The number of thiophene rings is 1. The second-order valence-corrected chi connectivity index (χ2v) is 2.96. The minimum absolute atomic E-state index is 0.671. The highest BCUT2D eigenvalue weighted by atomic mass is 32.1. The van der Waals surface area contributed by atoms with E-state index in [2.05, 4.69) is 4.98 Å². The van der Waals surface area contributed by atoms with Crippen LogP contribution < -0.4 is 5.73 Å². The summed E-state index contributed by atoms with van der Waals surface area (Å²) in [5.41, 5.74) is 7.16. The number of nitrogens with two attached hydrogens (primary N) is 1. The number of oxazole rings is 1. The van der Waals surface area contributed by atoms with Gasteiger partial charge in [0.15, 0.2) is 11.5 Å². The molecule has 0 aliphatic carbocycles. The topological polar surface area (TPSA) is 52.0 Å². The average molecular weight is 154 g/mol. The summed E-state index contributed by atoms with van der Waals surface area (Å²) in [5.74, 6) is 0.671. The lowest BCUT2D eigenvalue weighted by molar-refractivity contribution is 0.562. The molecule has 4 heteroatoms. The van der Waals surface area contributed by atoms with Crippen molar-refractivity contribution in [1.29, 1.82) is 0 Å². The number of anilines is 1. The van der Waals surface area contributed by atoms with Gasteiger partial charge in [0.2, 0.25) is 0 Å². The van der Waals surface area contributed by atoms with Crippen LogP contribution in [0.4, 0.5) is 5.00 Å². The molecule has 0 spiro atoms. The van der Waals surface area contributed by atoms with Crippen LogP contribution in [0.3, 0.4) is 0 Å². The summed E-state index contributed by atoms with van der Waals surface area (Å²) in [6.45, 7) is 1.81. The van der Waals surface area contributed by atoms with Crippen LogP contribution in [-0.2, 0) is 0 Å². The molecule has 3 nitrogen and oxygen atoms in total. The molecule has 2 N–H and O–H groups in total. The van der Waals surface area contributed by atoms with Crippen molar-refractivity contribution in [1.82, 2.24) is 4.98 Å². The maximum atomic E-state index is 5.57. The summed E-state index contributed by atoms with van der Waals surface area (Å²) in [7, 11) is 0. The highest BCUT2D eigenvalue weighted by Gasteiger charge is 2.06. The number of fused-ring (bicyclic) bond motifs is 1. The van der Waals surface area contributed by atoms with Gasteiger partial charge in [0, 0.05) is 12.3 Å². The van der Waals surface area contributed by atoms with Crippen molar-refractivity contribution >= 4 is 27.4 Å². The van der Waals surface area contributed by atoms with Crippen molar-refractivity contribution in [2.75, 3.05) is 5.73 Å². The van der Waals surface area contributed by atoms with E-state index in [0.717, 1.165) is 11.1 Å². The standard InChI is InChI=1S/C6H6N2OS/c1-3-8-4-2-10-6(7)5(4)9-3/h2H,7H2,1H3. The molecule has 0 fully saturated rings. The van der Waals surface area contributed by atoms with E-state index >= 15 is 0 Å². The molecule has 0 bridgehead atoms. The Bertz CT molecular complexity index is 363. The number of aromatic nitrogens is 1. The minimum Gasteiger partial charge on any atom is -0.438 e. The van der Waals surface area contributed by atoms with E-state index in [-0.39, 0.29) is 0 Å². The molecule has 0 amide bonds. The van der Waals surface area contributed by atoms with Crippen LogP contribution in [0.15, 0.2) is 9.80 Å². The van der Waals surface area contributed by atoms with Gasteiger partial charge in [-0.15, -0.1) is 11.3 Å². The zero-order valence-corrected chi connectivity index (χ0v) is 6.23. The van der Waals surface area contributed by atoms with Crippen LogP contribution in [0, 0.1) is 6.92 Å². The molecular weight excluding hydrogens is 148 g/mol. The highest BCUT2D eigenvalue weighted by Crippen LogP contribution is 2.27. The van der Waals surface area contributed by atoms with Gasteiger partial charge in [-0.2, -0.15) is 0 Å². The van der Waals surface area contributed by atoms with Crippen LogP contribution in [0.5, 0.6) is 0 Å². The number of aryl methyl sites for hydroxylation is 1. The molecule has 0 aromatic carbocycles. The summed E-state index contributed by atoms with van der Waals surface area (Å²) in [6, 6.07) is 0. The van der Waals surface area contributed by atoms with Crippen LogP contribution in [0.2, 0.25) is 0 Å². The zero-order valence-electron chi connectivity index (χ0n) is 5.42. The van der Waals surface area contributed by atoms with E-state index < -0.39 is 0 Å². The molecule has 2 aromatic rings. The lowest BCUT2D eigenvalue weighted by atomic mass is 10.5. The largest absolute Gasteiger partial charge is 0.438 e. The van der Waals surface area contributed by atoms with Gasteiger partial charge < -0.3 is 10.2 Å². The summed E-state index contributed by atoms with van der Waals surface area (Å²) in [4.78, 5) is 4.10. The average Bonchev–Trinajstić information content (AvgIpc) is 2.35. The smallest absolute Gasteiger partial charge is 0.192 e. The van der Waals surface area contributed by atoms with Crippen molar-refractivity contribution in [3.05, 3.63) is 11.3 Å². The molecule has 0 atom stereocenters. The Labute approximate surface area is 61.5 Å². The fourth-order valence-electron chi connectivity index (χ4n) is 0.872. The Balaban J connectivity index is 2.90. The fourth-order valence-corrected chi connectivity index (χ4v) is 1.52. The number of nitrogen functional groups attached to an aromatic ring is 1. The number of nitrogens with zero attached hydrogens (tertiary/aromatic N) is 1. The number of hydrogen-bond acceptors (Lipinski definition) is 4. The first-order chi connectivity index (χ1) is 4.77. The van der Waals surface area contributed by atoms with Gasteiger partial charge in [0.25, 0.3) is 0 Å². The predicted octanol–water partition coefficient (Wildman–Crippen LogP) is 1.78. The molecule has 2 rings (SSSR count). The molecule has 0 aliphatic heterocycles. The first-order valence-electron chi connectivity index (χ1n) is 2.87. The van der Waals surface area contributed by atoms with E-state index in [0.29, 0.717) is 10.9 Å². The molecule has 0 aliphatic rings. The minimum atomic E-state index is 0.671. The fraction of sp³-hybridized carbons (Fsp3) is 0.167. The van der Waals surface area contributed by atoms with Crippen molar-refractivity contribution < 1.29 is 4.42 Å². The van der Waals surface area contributed by atoms with Gasteiger partial charge in [0.05, 0.1) is 0 Å². The highest BCUT2D eigenvalue weighted by molar-refractivity contribution is 7.15. The maximum Gasteiger partial charge on any atom is 0.192 e. The second-order valence-electron chi connectivity index (χ2n) is 2.05. The van der Waals surface area contributed by atoms with E-state index in [1.807, 2.05) is 12.3 Å². The Hall–Kier alpha value is -1.03. The molecule has 52 valence electrons. The molecule has 0 saturated heterocycles. The Morgan fingerprint density at radius 2 is 2.50 bits per heavy atom. The monoisotopic (exact) mass is 154 g/mol. The summed E-state index contributed by atoms with van der Waals surface area (Å²) >= 11 is 1.45. The predicted molar refractivity (Wildman–Crippen MR) is 41.0 cm³/mol. The lowest BCUT2D eigenvalue weighted by Gasteiger charge is -1.79. The molecule has 10 heavy (non-hydrogen) atoms. The summed E-state index contributed by atoms with van der Waals surface area (Å²) < 4.78 is 5.21. The van der Waals surface area contributed by atoms with E-state index in [1.165, 1.54) is 11.3 Å². The molecule has 2 aromatic heterocycles. The quantitative estimate of drug-likeness (QED) is 0.629. The van der Waals surface area contributed by atoms with Crippen LogP contribution in [0.25, 0.3) is 11.1 Å². The van der Waals surface area contributed by atoms with Gasteiger partial charge in [-0.25, -0.2) is 4.98 Å². The molecule has 0 saturated carbocycles. The van der Waals surface area contributed by atoms with Crippen LogP contribution >= 0.6 is 11.3 Å². The van der Waals surface area contributed by atoms with E-state index in [1.54, 1.807) is 0 Å². The van der Waals surface area contributed by atoms with Gasteiger partial charge in [-0.1, -0.05) is 0 Å². The van der Waals surface area contributed by atoms with Crippen molar-refractivity contribution in [2.45, 2.75) is 6.92 Å². The van der Waals surface area contributed by atoms with Crippen LogP contribution in [0.1, 0.15) is 5.89 Å². The summed E-state index contributed by atoms with van der Waals surface area (Å²) in [5, 5.41) is 2.59. The summed E-state index contributed by atoms with van der Waals surface area (Å²) in [6.07, 6.45) is 0. The van der Waals surface area contributed by atoms with Gasteiger partial charge in [-0.3, -0.25) is 0 Å².